The Morgan fingerprint density at radius 1 is 1.37 bits per heavy atom. The molecule has 7 nitrogen and oxygen atoms in total. The molecule has 0 bridgehead atoms. The maximum atomic E-state index is 11.2. The first-order chi connectivity index (χ1) is 8.99. The number of hydrogen-bond donors (Lipinski definition) is 1. The molecule has 0 fully saturated rings. The minimum absolute atomic E-state index is 0.321. The van der Waals surface area contributed by atoms with Crippen molar-refractivity contribution in [2.45, 2.75) is 23.5 Å². The van der Waals surface area contributed by atoms with E-state index in [4.69, 9.17) is 11.6 Å². The zero-order valence-electron chi connectivity index (χ0n) is 10.2. The lowest BCUT2D eigenvalue weighted by atomic mass is 10.4. The van der Waals surface area contributed by atoms with Gasteiger partial charge in [0.2, 0.25) is 0 Å². The van der Waals surface area contributed by atoms with Gasteiger partial charge in [-0.2, -0.15) is 4.98 Å². The van der Waals surface area contributed by atoms with Gasteiger partial charge in [-0.25, -0.2) is 9.97 Å². The van der Waals surface area contributed by atoms with Crippen LogP contribution in [0.25, 0.3) is 0 Å². The fraction of sp³-hybridized carbons (Fsp3) is 0.300. The molecular formula is C10H10ClN5O2S. The van der Waals surface area contributed by atoms with Gasteiger partial charge in [0.05, 0.1) is 0 Å². The molecule has 0 aromatic carbocycles. The summed E-state index contributed by atoms with van der Waals surface area (Å²) in [4.78, 5) is 34.3. The zero-order valence-corrected chi connectivity index (χ0v) is 11.7. The summed E-state index contributed by atoms with van der Waals surface area (Å²) in [7, 11) is 1.58. The van der Waals surface area contributed by atoms with Crippen LogP contribution in [0.15, 0.2) is 25.8 Å². The van der Waals surface area contributed by atoms with Crippen molar-refractivity contribution in [1.82, 2.24) is 24.7 Å². The number of rotatable bonds is 3. The molecule has 0 radical (unpaired) electrons. The molecule has 0 unspecified atom stereocenters. The fourth-order valence-electron chi connectivity index (χ4n) is 1.30. The second-order valence-corrected chi connectivity index (χ2v) is 4.98. The average molecular weight is 300 g/mol. The second-order valence-electron chi connectivity index (χ2n) is 3.60. The average Bonchev–Trinajstić information content (AvgIpc) is 2.35. The Morgan fingerprint density at radius 3 is 2.79 bits per heavy atom. The van der Waals surface area contributed by atoms with Crippen molar-refractivity contribution in [3.8, 4) is 0 Å². The van der Waals surface area contributed by atoms with Crippen molar-refractivity contribution < 1.29 is 0 Å². The molecule has 2 aromatic heterocycles. The van der Waals surface area contributed by atoms with Crippen LogP contribution in [-0.2, 0) is 13.5 Å². The highest BCUT2D eigenvalue weighted by molar-refractivity contribution is 7.99. The summed E-state index contributed by atoms with van der Waals surface area (Å²) in [6, 6.07) is 1.57. The van der Waals surface area contributed by atoms with Crippen molar-refractivity contribution in [3.05, 3.63) is 37.8 Å². The van der Waals surface area contributed by atoms with Gasteiger partial charge in [-0.1, -0.05) is 18.5 Å². The summed E-state index contributed by atoms with van der Waals surface area (Å²) in [5.74, 6) is 0.601. The summed E-state index contributed by atoms with van der Waals surface area (Å²) < 4.78 is 1.36. The van der Waals surface area contributed by atoms with Crippen LogP contribution >= 0.6 is 23.4 Å². The molecule has 0 aliphatic heterocycles. The monoisotopic (exact) mass is 299 g/mol. The van der Waals surface area contributed by atoms with Crippen LogP contribution in [0.1, 0.15) is 12.7 Å². The molecule has 0 saturated carbocycles. The number of hydrogen-bond acceptors (Lipinski definition) is 6. The third-order valence-corrected chi connectivity index (χ3v) is 3.34. The Morgan fingerprint density at radius 2 is 2.11 bits per heavy atom. The molecular weight excluding hydrogens is 290 g/mol. The number of halogens is 1. The van der Waals surface area contributed by atoms with Gasteiger partial charge in [0.15, 0.2) is 5.16 Å². The largest absolute Gasteiger partial charge is 0.339 e. The predicted molar refractivity (Wildman–Crippen MR) is 70.6 cm³/mol. The van der Waals surface area contributed by atoms with E-state index in [0.29, 0.717) is 27.6 Å². The molecule has 100 valence electrons. The van der Waals surface area contributed by atoms with Crippen LogP contribution in [-0.4, -0.2) is 24.7 Å². The van der Waals surface area contributed by atoms with Gasteiger partial charge >= 0.3 is 11.1 Å². The molecule has 2 aromatic rings. The minimum atomic E-state index is -0.837. The van der Waals surface area contributed by atoms with E-state index in [1.165, 1.54) is 4.68 Å². The normalized spacial score (nSPS) is 10.7. The molecule has 2 heterocycles. The molecule has 0 saturated heterocycles. The first-order valence-electron chi connectivity index (χ1n) is 5.38. The highest BCUT2D eigenvalue weighted by Gasteiger charge is 2.09. The van der Waals surface area contributed by atoms with Crippen LogP contribution in [0, 0.1) is 0 Å². The van der Waals surface area contributed by atoms with E-state index < -0.39 is 11.1 Å². The van der Waals surface area contributed by atoms with Crippen LogP contribution < -0.4 is 11.1 Å². The topological polar surface area (TPSA) is 93.5 Å². The quantitative estimate of drug-likeness (QED) is 0.660. The Balaban J connectivity index is 2.41. The van der Waals surface area contributed by atoms with Crippen LogP contribution in [0.2, 0.25) is 5.15 Å². The number of aromatic nitrogens is 5. The van der Waals surface area contributed by atoms with Crippen molar-refractivity contribution in [3.63, 3.8) is 0 Å². The molecule has 0 aliphatic rings. The van der Waals surface area contributed by atoms with Crippen molar-refractivity contribution in [2.75, 3.05) is 0 Å². The van der Waals surface area contributed by atoms with Gasteiger partial charge in [0, 0.05) is 19.5 Å². The van der Waals surface area contributed by atoms with Crippen molar-refractivity contribution in [2.24, 2.45) is 7.05 Å². The Bertz CT molecular complexity index is 727. The number of nitrogens with zero attached hydrogens (tertiary/aromatic N) is 4. The highest BCUT2D eigenvalue weighted by Crippen LogP contribution is 2.24. The van der Waals surface area contributed by atoms with Crippen molar-refractivity contribution >= 4 is 23.4 Å². The Labute approximate surface area is 117 Å². The van der Waals surface area contributed by atoms with E-state index in [9.17, 15) is 9.59 Å². The summed E-state index contributed by atoms with van der Waals surface area (Å²) in [6.07, 6.45) is 0.645. The summed E-state index contributed by atoms with van der Waals surface area (Å²) in [5.41, 5.74) is -1.60. The second kappa shape index (κ2) is 5.54. The molecule has 9 heteroatoms. The maximum Gasteiger partial charge on any atom is 0.339 e. The smallest absolute Gasteiger partial charge is 0.265 e. The Kier molecular flexibility index (Phi) is 4.01. The Hall–Kier alpha value is -1.67. The molecule has 0 aliphatic carbocycles. The van der Waals surface area contributed by atoms with E-state index >= 15 is 0 Å². The lowest BCUT2D eigenvalue weighted by Crippen LogP contribution is -2.33. The van der Waals surface area contributed by atoms with E-state index in [1.807, 2.05) is 6.92 Å². The number of H-pyrrole nitrogens is 1. The number of nitrogens with one attached hydrogen (secondary N) is 1. The number of aryl methyl sites for hydroxylation is 2. The van der Waals surface area contributed by atoms with Gasteiger partial charge in [-0.05, 0) is 11.8 Å². The maximum absolute atomic E-state index is 11.2. The van der Waals surface area contributed by atoms with Gasteiger partial charge in [-0.3, -0.25) is 19.4 Å². The van der Waals surface area contributed by atoms with Crippen molar-refractivity contribution in [1.29, 1.82) is 0 Å². The molecule has 1 N–H and O–H groups in total. The van der Waals surface area contributed by atoms with E-state index in [2.05, 4.69) is 20.1 Å². The molecule has 2 rings (SSSR count). The summed E-state index contributed by atoms with van der Waals surface area (Å²) in [5, 5.41) is 3.56. The molecule has 19 heavy (non-hydrogen) atoms. The third-order valence-electron chi connectivity index (χ3n) is 2.18. The van der Waals surface area contributed by atoms with Crippen LogP contribution in [0.5, 0.6) is 0 Å². The van der Waals surface area contributed by atoms with E-state index in [-0.39, 0.29) is 0 Å². The standard InChI is InChI=1S/C10H10ClN5O2S/c1-3-6-12-5(11)4-7(13-6)19-10-14-8(17)9(18)15-16(10)2/h4H,3H2,1-2H3,(H,15,18). The first kappa shape index (κ1) is 13.8. The first-order valence-corrected chi connectivity index (χ1v) is 6.57. The van der Waals surface area contributed by atoms with Crippen LogP contribution in [0.3, 0.4) is 0 Å². The highest BCUT2D eigenvalue weighted by atomic mass is 35.5. The lowest BCUT2D eigenvalue weighted by Gasteiger charge is -2.06. The third kappa shape index (κ3) is 3.21. The molecule has 0 amide bonds. The van der Waals surface area contributed by atoms with Gasteiger partial charge in [0.25, 0.3) is 0 Å². The molecule has 0 atom stereocenters. The lowest BCUT2D eigenvalue weighted by molar-refractivity contribution is 0.596. The summed E-state index contributed by atoms with van der Waals surface area (Å²) >= 11 is 7.01. The van der Waals surface area contributed by atoms with Gasteiger partial charge < -0.3 is 0 Å². The SMILES string of the molecule is CCc1nc(Cl)cc(Sc2nc(=O)c(=O)[nH]n2C)n1. The van der Waals surface area contributed by atoms with Gasteiger partial charge in [-0.15, -0.1) is 0 Å². The fourth-order valence-corrected chi connectivity index (χ4v) is 2.38. The van der Waals surface area contributed by atoms with Crippen LogP contribution in [0.4, 0.5) is 0 Å². The van der Waals surface area contributed by atoms with E-state index in [1.54, 1.807) is 13.1 Å². The van der Waals surface area contributed by atoms with Gasteiger partial charge in [0.1, 0.15) is 16.0 Å². The number of aromatic amines is 1. The molecule has 0 spiro atoms. The summed E-state index contributed by atoms with van der Waals surface area (Å²) in [6.45, 7) is 1.91. The van der Waals surface area contributed by atoms with E-state index in [0.717, 1.165) is 11.8 Å². The minimum Gasteiger partial charge on any atom is -0.265 e. The predicted octanol–water partition coefficient (Wildman–Crippen LogP) is 0.626. The zero-order chi connectivity index (χ0) is 14.0.